The van der Waals surface area contributed by atoms with Gasteiger partial charge in [-0.15, -0.1) is 0 Å². The average Bonchev–Trinajstić information content (AvgIpc) is 1.82. The summed E-state index contributed by atoms with van der Waals surface area (Å²) in [5, 5.41) is 33.8. The van der Waals surface area contributed by atoms with Gasteiger partial charge in [0.15, 0.2) is 5.60 Å². The van der Waals surface area contributed by atoms with E-state index in [4.69, 9.17) is 20.4 Å². The molecular weight excluding hydrogens is 287 g/mol. The maximum atomic E-state index is 10.3. The molecule has 13 nitrogen and oxygen atoms in total. The van der Waals surface area contributed by atoms with Crippen LogP contribution < -0.4 is 18.9 Å². The number of hydrogen-bond acceptors (Lipinski definition) is 4. The van der Waals surface area contributed by atoms with Crippen LogP contribution in [0.5, 0.6) is 0 Å². The van der Waals surface area contributed by atoms with E-state index in [1.807, 2.05) is 0 Å². The van der Waals surface area contributed by atoms with Crippen molar-refractivity contribution in [1.82, 2.24) is 0 Å². The minimum Gasteiger partial charge on any atom is -1.00 e. The Morgan fingerprint density at radius 2 is 0.950 bits per heavy atom. The fourth-order valence-electron chi connectivity index (χ4n) is 0.714. The quantitative estimate of drug-likeness (QED) is 0.354. The van der Waals surface area contributed by atoms with Crippen LogP contribution >= 0.6 is 0 Å². The van der Waals surface area contributed by atoms with Gasteiger partial charge in [-0.3, -0.25) is 9.59 Å². The number of carboxylic acid groups (broad SMARTS) is 3. The summed E-state index contributed by atoms with van der Waals surface area (Å²) in [6.45, 7) is 0. The molecule has 0 aromatic rings. The zero-order valence-corrected chi connectivity index (χ0v) is 10.4. The van der Waals surface area contributed by atoms with E-state index in [0.717, 1.165) is 0 Å². The molecule has 0 bridgehead atoms. The molecule has 20 heavy (non-hydrogen) atoms. The van der Waals surface area contributed by atoms with Gasteiger partial charge in [-0.05, 0) is 0 Å². The van der Waals surface area contributed by atoms with E-state index in [9.17, 15) is 14.4 Å². The van der Waals surface area contributed by atoms with Crippen molar-refractivity contribution in [2.75, 3.05) is 0 Å². The molecule has 0 fully saturated rings. The number of carbonyl (C=O) groups is 3. The van der Waals surface area contributed by atoms with E-state index < -0.39 is 36.4 Å². The first-order valence-corrected chi connectivity index (χ1v) is 3.17. The van der Waals surface area contributed by atoms with Gasteiger partial charge < -0.3 is 54.7 Å². The van der Waals surface area contributed by atoms with E-state index in [1.165, 1.54) is 0 Å². The number of aliphatic carboxylic acids is 3. The number of rotatable bonds is 5. The van der Waals surface area contributed by atoms with Crippen LogP contribution in [0, 0.1) is 0 Å². The Hall–Kier alpha value is -1.27. The molecule has 0 saturated heterocycles. The first kappa shape index (κ1) is 51.1. The summed E-state index contributed by atoms with van der Waals surface area (Å²) < 4.78 is 0. The molecule has 0 amide bonds. The van der Waals surface area contributed by atoms with Crippen LogP contribution in [0.15, 0.2) is 0 Å². The third-order valence-electron chi connectivity index (χ3n) is 1.29. The van der Waals surface area contributed by atoms with Gasteiger partial charge in [0.05, 0.1) is 12.8 Å². The molecule has 0 atom stereocenters. The van der Waals surface area contributed by atoms with Gasteiger partial charge >= 0.3 is 36.8 Å². The normalized spacial score (nSPS) is 7.05. The minimum absolute atomic E-state index is 0. The topological polar surface area (TPSA) is 321 Å². The Morgan fingerprint density at radius 3 is 1.05 bits per heavy atom. The molecule has 0 aromatic heterocycles. The molecule has 0 radical (unpaired) electrons. The molecule has 16 N–H and O–H groups in total. The second kappa shape index (κ2) is 20.1. The minimum atomic E-state index is -2.74. The summed E-state index contributed by atoms with van der Waals surface area (Å²) in [6, 6.07) is 0. The van der Waals surface area contributed by atoms with Crippen LogP contribution in [-0.2, 0) is 14.4 Å². The van der Waals surface area contributed by atoms with Crippen molar-refractivity contribution >= 4 is 17.9 Å². The van der Waals surface area contributed by atoms with Crippen LogP contribution in [0.4, 0.5) is 0 Å². The van der Waals surface area contributed by atoms with E-state index in [2.05, 4.69) is 0 Å². The monoisotopic (exact) mass is 308 g/mol. The molecule has 0 spiro atoms. The zero-order chi connectivity index (χ0) is 10.6. The van der Waals surface area contributed by atoms with Crippen molar-refractivity contribution in [2.24, 2.45) is 0 Å². The summed E-state index contributed by atoms with van der Waals surface area (Å²) in [7, 11) is 0. The number of aliphatic hydroxyl groups is 1. The Balaban J connectivity index is -0.0000000257. The molecule has 0 aliphatic rings. The fraction of sp³-hybridized carbons (Fsp3) is 0.500. The maximum Gasteiger partial charge on any atom is 1.00 e. The first-order valence-electron chi connectivity index (χ1n) is 3.17. The Morgan fingerprint density at radius 1 is 0.750 bits per heavy atom. The van der Waals surface area contributed by atoms with Crippen molar-refractivity contribution in [3.05, 3.63) is 0 Å². The predicted octanol–water partition coefficient (Wildman–Crippen LogP) is -9.08. The van der Waals surface area contributed by atoms with Gasteiger partial charge in [0, 0.05) is 0 Å². The smallest absolute Gasteiger partial charge is 1.00 e. The molecule has 14 heteroatoms. The van der Waals surface area contributed by atoms with Gasteiger partial charge in [0.2, 0.25) is 0 Å². The molecule has 0 saturated carbocycles. The van der Waals surface area contributed by atoms with Crippen LogP contribution in [-0.4, -0.2) is 76.8 Å². The van der Waals surface area contributed by atoms with Gasteiger partial charge in [-0.25, -0.2) is 4.79 Å². The van der Waals surface area contributed by atoms with Gasteiger partial charge in [-0.1, -0.05) is 0 Å². The molecular formula is C6H21LiO13. The Kier molecular flexibility index (Phi) is 51.3. The summed E-state index contributed by atoms with van der Waals surface area (Å²) in [6.07, 6.45) is -2.29. The van der Waals surface area contributed by atoms with E-state index in [-0.39, 0.29) is 53.1 Å². The largest absolute Gasteiger partial charge is 1.00 e. The fourth-order valence-corrected chi connectivity index (χ4v) is 0.714. The van der Waals surface area contributed by atoms with E-state index >= 15 is 0 Å². The second-order valence-electron chi connectivity index (χ2n) is 2.48. The molecule has 0 unspecified atom stereocenters. The molecule has 0 aromatic carbocycles. The summed E-state index contributed by atoms with van der Waals surface area (Å²) >= 11 is 0. The van der Waals surface area contributed by atoms with E-state index in [1.54, 1.807) is 0 Å². The summed E-state index contributed by atoms with van der Waals surface area (Å²) in [5.74, 6) is -5.02. The maximum absolute atomic E-state index is 10.3. The summed E-state index contributed by atoms with van der Waals surface area (Å²) in [4.78, 5) is 30.5. The third-order valence-corrected chi connectivity index (χ3v) is 1.29. The van der Waals surface area contributed by atoms with E-state index in [0.29, 0.717) is 0 Å². The number of carboxylic acids is 3. The van der Waals surface area contributed by atoms with Crippen LogP contribution in [0.2, 0.25) is 0 Å². The zero-order valence-electron chi connectivity index (χ0n) is 11.4. The molecule has 0 aliphatic heterocycles. The van der Waals surface area contributed by atoms with Crippen LogP contribution in [0.25, 0.3) is 0 Å². The number of hydrogen-bond donors (Lipinski definition) is 4. The Bertz CT molecular complexity index is 243. The van der Waals surface area contributed by atoms with Gasteiger partial charge in [0.1, 0.15) is 0 Å². The van der Waals surface area contributed by atoms with Crippen molar-refractivity contribution in [2.45, 2.75) is 18.4 Å². The van der Waals surface area contributed by atoms with Crippen LogP contribution in [0.3, 0.4) is 0 Å². The van der Waals surface area contributed by atoms with Gasteiger partial charge in [0.25, 0.3) is 0 Å². The molecule has 0 rings (SSSR count). The SMILES string of the molecule is O.O.O.O.O.O.O=C(O)CC(O)(CC(=O)O)C(=O)O.[H-].[Li+]. The van der Waals surface area contributed by atoms with Crippen molar-refractivity contribution in [3.63, 3.8) is 0 Å². The predicted molar refractivity (Wildman–Crippen MR) is 59.9 cm³/mol. The van der Waals surface area contributed by atoms with Crippen molar-refractivity contribution in [1.29, 1.82) is 0 Å². The first-order chi connectivity index (χ1) is 5.78. The van der Waals surface area contributed by atoms with Crippen LogP contribution in [0.1, 0.15) is 14.3 Å². The molecule has 0 aliphatic carbocycles. The average molecular weight is 308 g/mol. The Labute approximate surface area is 125 Å². The third kappa shape index (κ3) is 19.1. The second-order valence-corrected chi connectivity index (χ2v) is 2.48. The van der Waals surface area contributed by atoms with Crippen molar-refractivity contribution in [3.8, 4) is 0 Å². The van der Waals surface area contributed by atoms with Gasteiger partial charge in [-0.2, -0.15) is 0 Å². The summed E-state index contributed by atoms with van der Waals surface area (Å²) in [5.41, 5.74) is -2.74. The standard InChI is InChI=1S/C6H8O7.Li.6H2O.H/c7-3(8)1-6(13,5(11)12)2-4(9)10;;;;;;;;/h13H,1-2H2,(H,7,8)(H,9,10)(H,11,12);;6*1H2;/q;+1;;;;;;;-1. The molecule has 124 valence electrons. The molecule has 0 heterocycles. The van der Waals surface area contributed by atoms with Crippen molar-refractivity contribution < 1.29 is 88.0 Å².